The van der Waals surface area contributed by atoms with E-state index in [2.05, 4.69) is 40.6 Å². The van der Waals surface area contributed by atoms with Gasteiger partial charge in [0.05, 0.1) is 30.7 Å². The highest BCUT2D eigenvalue weighted by molar-refractivity contribution is 8.00. The number of nitrogens with zero attached hydrogens (tertiary/aromatic N) is 6. The van der Waals surface area contributed by atoms with Gasteiger partial charge in [0.1, 0.15) is 11.5 Å². The van der Waals surface area contributed by atoms with Crippen molar-refractivity contribution in [2.45, 2.75) is 44.7 Å². The molecule has 2 aromatic heterocycles. The van der Waals surface area contributed by atoms with Gasteiger partial charge in [-0.3, -0.25) is 28.9 Å². The lowest BCUT2D eigenvalue weighted by Gasteiger charge is -2.15. The minimum absolute atomic E-state index is 0.0605. The van der Waals surface area contributed by atoms with E-state index < -0.39 is 38.2 Å². The molecule has 0 aliphatic carbocycles. The average Bonchev–Trinajstić information content (AvgIpc) is 3.32. The normalized spacial score (nSPS) is 12.5. The first-order valence-electron chi connectivity index (χ1n) is 14.1. The van der Waals surface area contributed by atoms with Gasteiger partial charge in [-0.15, -0.1) is 11.8 Å². The molecule has 1 aliphatic rings. The summed E-state index contributed by atoms with van der Waals surface area (Å²) in [5, 5.41) is 16.4. The molecule has 0 bridgehead atoms. The Labute approximate surface area is 292 Å². The Morgan fingerprint density at radius 3 is 2.25 bits per heavy atom. The third-order valence-corrected chi connectivity index (χ3v) is 8.68. The van der Waals surface area contributed by atoms with Crippen molar-refractivity contribution >= 4 is 83.4 Å². The van der Waals surface area contributed by atoms with E-state index >= 15 is 0 Å². The lowest BCUT2D eigenvalue weighted by Crippen LogP contribution is -2.31. The predicted octanol–water partition coefficient (Wildman–Crippen LogP) is 2.98. The van der Waals surface area contributed by atoms with E-state index in [0.717, 1.165) is 55.1 Å². The number of thioether (sulfide) groups is 1. The van der Waals surface area contributed by atoms with Gasteiger partial charge in [-0.25, -0.2) is 14.1 Å². The lowest BCUT2D eigenvalue weighted by molar-refractivity contribution is -0.137. The third-order valence-electron chi connectivity index (χ3n) is 5.55. The summed E-state index contributed by atoms with van der Waals surface area (Å²) in [5.74, 6) is -1.07. The second-order valence-electron chi connectivity index (χ2n) is 9.27. The van der Waals surface area contributed by atoms with Crippen LogP contribution in [0.4, 0.5) is 22.0 Å². The second kappa shape index (κ2) is 20.4. The van der Waals surface area contributed by atoms with Gasteiger partial charge in [-0.2, -0.15) is 15.0 Å². The number of aromatic nitrogens is 5. The molecule has 0 unspecified atom stereocenters. The SMILES string of the molecule is CCNc1nc(Cl)nc(NCC)n1.COC(=O)CSc1cc(/N=c2\sc(=O)n3n2CCCC3)c(F)cc1Cl.O=C(O)CNCP(=O)(O)O. The molecule has 48 heavy (non-hydrogen) atoms. The Kier molecular flexibility index (Phi) is 17.5. The Balaban J connectivity index is 0.000000291. The molecular formula is C25H35Cl2FN9O8PS2. The van der Waals surface area contributed by atoms with E-state index in [0.29, 0.717) is 34.7 Å². The van der Waals surface area contributed by atoms with Gasteiger partial charge in [-0.05, 0) is 61.8 Å². The fraction of sp³-hybridized carbons (Fsp3) is 0.480. The monoisotopic (exact) mass is 773 g/mol. The van der Waals surface area contributed by atoms with Crippen molar-refractivity contribution < 1.29 is 38.2 Å². The van der Waals surface area contributed by atoms with Crippen LogP contribution in [0.3, 0.4) is 0 Å². The number of methoxy groups -OCH3 is 1. The second-order valence-corrected chi connectivity index (χ2v) is 13.6. The molecule has 4 rings (SSSR count). The highest BCUT2D eigenvalue weighted by Crippen LogP contribution is 2.33. The van der Waals surface area contributed by atoms with E-state index in [-0.39, 0.29) is 26.6 Å². The zero-order chi connectivity index (χ0) is 35.9. The molecule has 0 spiro atoms. The summed E-state index contributed by atoms with van der Waals surface area (Å²) in [6.45, 7) is 6.32. The van der Waals surface area contributed by atoms with Crippen LogP contribution in [0.2, 0.25) is 10.3 Å². The number of carbonyl (C=O) groups excluding carboxylic acids is 1. The number of carboxylic acid groups (broad SMARTS) is 1. The van der Waals surface area contributed by atoms with Crippen LogP contribution in [-0.4, -0.2) is 89.9 Å². The smallest absolute Gasteiger partial charge is 0.339 e. The molecule has 17 nitrogen and oxygen atoms in total. The first-order valence-corrected chi connectivity index (χ1v) is 18.4. The van der Waals surface area contributed by atoms with E-state index in [9.17, 15) is 23.3 Å². The number of esters is 1. The summed E-state index contributed by atoms with van der Waals surface area (Å²) in [7, 11) is -2.80. The van der Waals surface area contributed by atoms with Gasteiger partial charge in [0, 0.05) is 31.1 Å². The topological polar surface area (TPSA) is 235 Å². The number of fused-ring (bicyclic) bond motifs is 1. The Bertz CT molecular complexity index is 1700. The highest BCUT2D eigenvalue weighted by atomic mass is 35.5. The van der Waals surface area contributed by atoms with Crippen molar-refractivity contribution in [3.63, 3.8) is 0 Å². The van der Waals surface area contributed by atoms with E-state index in [1.54, 1.807) is 9.36 Å². The van der Waals surface area contributed by atoms with E-state index in [1.807, 2.05) is 13.8 Å². The number of rotatable bonds is 12. The Hall–Kier alpha value is -3.10. The minimum Gasteiger partial charge on any atom is -0.480 e. The molecule has 0 amide bonds. The predicted molar refractivity (Wildman–Crippen MR) is 181 cm³/mol. The number of carbonyl (C=O) groups is 2. The Morgan fingerprint density at radius 2 is 1.71 bits per heavy atom. The highest BCUT2D eigenvalue weighted by Gasteiger charge is 2.15. The van der Waals surface area contributed by atoms with E-state index in [1.165, 1.54) is 13.2 Å². The van der Waals surface area contributed by atoms with E-state index in [4.69, 9.17) is 38.1 Å². The van der Waals surface area contributed by atoms with Crippen LogP contribution in [0.25, 0.3) is 0 Å². The van der Waals surface area contributed by atoms with Crippen LogP contribution in [-0.2, 0) is 32.0 Å². The minimum atomic E-state index is -4.10. The van der Waals surface area contributed by atoms with Gasteiger partial charge in [0.25, 0.3) is 0 Å². The molecule has 0 saturated heterocycles. The van der Waals surface area contributed by atoms with Crippen molar-refractivity contribution in [1.82, 2.24) is 29.6 Å². The maximum Gasteiger partial charge on any atom is 0.339 e. The summed E-state index contributed by atoms with van der Waals surface area (Å²) in [4.78, 5) is 66.5. The van der Waals surface area contributed by atoms with Crippen LogP contribution in [0.1, 0.15) is 26.7 Å². The summed E-state index contributed by atoms with van der Waals surface area (Å²) in [6, 6.07) is 2.64. The number of halogens is 3. The van der Waals surface area contributed by atoms with Crippen LogP contribution in [0.5, 0.6) is 0 Å². The standard InChI is InChI=1S/C15H15ClFN3O3S2.C7H12ClN5.C3H8NO5P/c1-23-13(21)8-24-12-7-11(10(17)6-9(12)16)18-14-19-4-2-3-5-20(19)15(22)25-14;1-3-9-6-11-5(8)12-7(13-6)10-4-2;5-3(6)1-4-2-10(7,8)9/h6-7H,2-5,8H2,1H3;3-4H2,1-2H3,(H2,9,10,11,12,13);4H,1-2H2,(H,5,6)(H2,7,8,9)/b18-14-;;. The van der Waals surface area contributed by atoms with Crippen molar-refractivity contribution in [2.24, 2.45) is 4.99 Å². The fourth-order valence-electron chi connectivity index (χ4n) is 3.56. The summed E-state index contributed by atoms with van der Waals surface area (Å²) < 4.78 is 32.3. The van der Waals surface area contributed by atoms with Crippen LogP contribution >= 0.6 is 53.9 Å². The van der Waals surface area contributed by atoms with Gasteiger partial charge in [0.2, 0.25) is 22.0 Å². The molecule has 1 aliphatic heterocycles. The van der Waals surface area contributed by atoms with Crippen molar-refractivity contribution in [2.75, 3.05) is 49.4 Å². The van der Waals surface area contributed by atoms with Gasteiger partial charge >= 0.3 is 24.4 Å². The molecule has 3 aromatic rings. The summed E-state index contributed by atoms with van der Waals surface area (Å²) in [6.07, 6.45) is 1.30. The van der Waals surface area contributed by atoms with Crippen molar-refractivity contribution in [1.29, 1.82) is 0 Å². The molecule has 23 heteroatoms. The van der Waals surface area contributed by atoms with Crippen molar-refractivity contribution in [3.05, 3.63) is 42.7 Å². The summed E-state index contributed by atoms with van der Waals surface area (Å²) in [5.41, 5.74) is 0.0829. The maximum absolute atomic E-state index is 14.3. The number of hydrogen-bond acceptors (Lipinski definition) is 14. The molecular weight excluding hydrogens is 739 g/mol. The molecule has 6 N–H and O–H groups in total. The number of aliphatic carboxylic acids is 1. The number of benzene rings is 1. The first kappa shape index (κ1) is 41.1. The lowest BCUT2D eigenvalue weighted by atomic mass is 10.3. The van der Waals surface area contributed by atoms with Crippen LogP contribution in [0, 0.1) is 5.82 Å². The van der Waals surface area contributed by atoms with Crippen LogP contribution < -0.4 is 25.6 Å². The zero-order valence-corrected chi connectivity index (χ0v) is 30.0. The maximum atomic E-state index is 14.3. The molecule has 266 valence electrons. The number of nitrogens with one attached hydrogen (secondary N) is 3. The molecule has 1 aromatic carbocycles. The fourth-order valence-corrected chi connectivity index (χ4v) is 6.11. The third kappa shape index (κ3) is 14.6. The quantitative estimate of drug-likeness (QED) is 0.0882. The number of hydrogen-bond donors (Lipinski definition) is 6. The molecule has 0 saturated carbocycles. The molecule has 0 atom stereocenters. The van der Waals surface area contributed by atoms with Crippen molar-refractivity contribution in [3.8, 4) is 0 Å². The summed E-state index contributed by atoms with van der Waals surface area (Å²) >= 11 is 13.9. The van der Waals surface area contributed by atoms with Gasteiger partial charge in [0.15, 0.2) is 0 Å². The van der Waals surface area contributed by atoms with Gasteiger partial charge < -0.3 is 30.3 Å². The first-order chi connectivity index (χ1) is 22.7. The molecule has 3 heterocycles. The zero-order valence-electron chi connectivity index (χ0n) is 26.0. The molecule has 0 fully saturated rings. The molecule has 0 radical (unpaired) electrons. The van der Waals surface area contributed by atoms with Crippen LogP contribution in [0.15, 0.2) is 26.8 Å². The number of carboxylic acids is 1. The average molecular weight is 775 g/mol. The Morgan fingerprint density at radius 1 is 1.10 bits per heavy atom. The van der Waals surface area contributed by atoms with Gasteiger partial charge in [-0.1, -0.05) is 11.6 Å². The number of ether oxygens (including phenoxy) is 1. The largest absolute Gasteiger partial charge is 0.480 e. The number of anilines is 2.